The summed E-state index contributed by atoms with van der Waals surface area (Å²) < 4.78 is 0. The largest absolute Gasteiger partial charge is 0.305 e. The van der Waals surface area contributed by atoms with Crippen molar-refractivity contribution >= 4 is 11.6 Å². The number of nitrogens with zero attached hydrogens (tertiary/aromatic N) is 2. The third-order valence-corrected chi connectivity index (χ3v) is 3.67. The fourth-order valence-electron chi connectivity index (χ4n) is 2.69. The Hall–Kier alpha value is -2.60. The highest BCUT2D eigenvalue weighted by atomic mass is 16.2. The molecule has 1 amide bonds. The maximum atomic E-state index is 12.2. The molecule has 0 saturated carbocycles. The molecule has 3 heteroatoms. The van der Waals surface area contributed by atoms with Crippen molar-refractivity contribution in [2.75, 3.05) is 4.90 Å². The number of hydrogen-bond donors (Lipinski definition) is 0. The average molecular weight is 262 g/mol. The van der Waals surface area contributed by atoms with Gasteiger partial charge in [-0.3, -0.25) is 4.79 Å². The summed E-state index contributed by atoms with van der Waals surface area (Å²) in [6.07, 6.45) is 1.41. The van der Waals surface area contributed by atoms with Gasteiger partial charge in [-0.15, -0.1) is 0 Å². The molecule has 20 heavy (non-hydrogen) atoms. The highest BCUT2D eigenvalue weighted by Gasteiger charge is 2.32. The number of anilines is 1. The van der Waals surface area contributed by atoms with Gasteiger partial charge < -0.3 is 4.90 Å². The van der Waals surface area contributed by atoms with E-state index in [0.717, 1.165) is 17.7 Å². The summed E-state index contributed by atoms with van der Waals surface area (Å²) in [5, 5.41) is 8.85. The first-order valence-corrected chi connectivity index (χ1v) is 6.67. The van der Waals surface area contributed by atoms with Crippen molar-refractivity contribution in [3.63, 3.8) is 0 Å². The second-order valence-corrected chi connectivity index (χ2v) is 4.89. The summed E-state index contributed by atoms with van der Waals surface area (Å²) >= 11 is 0. The van der Waals surface area contributed by atoms with Crippen LogP contribution in [-0.4, -0.2) is 5.91 Å². The Kier molecular flexibility index (Phi) is 3.22. The van der Waals surface area contributed by atoms with E-state index >= 15 is 0 Å². The minimum absolute atomic E-state index is 0.0941. The molecule has 2 aromatic rings. The van der Waals surface area contributed by atoms with Gasteiger partial charge in [0, 0.05) is 12.1 Å². The molecular formula is C17H14N2O. The minimum Gasteiger partial charge on any atom is -0.305 e. The van der Waals surface area contributed by atoms with Crippen molar-refractivity contribution in [2.24, 2.45) is 0 Å². The molecule has 3 rings (SSSR count). The Morgan fingerprint density at radius 2 is 1.75 bits per heavy atom. The van der Waals surface area contributed by atoms with Crippen LogP contribution in [0.2, 0.25) is 0 Å². The predicted molar refractivity (Wildman–Crippen MR) is 77.1 cm³/mol. The van der Waals surface area contributed by atoms with E-state index in [1.165, 1.54) is 0 Å². The molecule has 1 aliphatic heterocycles. The van der Waals surface area contributed by atoms with Crippen molar-refractivity contribution in [2.45, 2.75) is 18.9 Å². The zero-order valence-corrected chi connectivity index (χ0v) is 11.0. The lowest BCUT2D eigenvalue weighted by Gasteiger charge is -2.25. The summed E-state index contributed by atoms with van der Waals surface area (Å²) in [6, 6.07) is 19.5. The standard InChI is InChI=1S/C17H14N2O/c18-12-13-6-8-15(9-7-13)19-16(10-11-17(19)20)14-4-2-1-3-5-14/h1-9,16H,10-11H2. The molecule has 0 radical (unpaired) electrons. The first kappa shape index (κ1) is 12.4. The average Bonchev–Trinajstić information content (AvgIpc) is 2.90. The molecule has 1 atom stereocenters. The van der Waals surface area contributed by atoms with Gasteiger partial charge in [0.15, 0.2) is 0 Å². The molecule has 0 spiro atoms. The van der Waals surface area contributed by atoms with Crippen molar-refractivity contribution in [3.05, 3.63) is 65.7 Å². The summed E-state index contributed by atoms with van der Waals surface area (Å²) in [5.74, 6) is 0.142. The number of carbonyl (C=O) groups excluding carboxylic acids is 1. The van der Waals surface area contributed by atoms with Gasteiger partial charge in [-0.25, -0.2) is 0 Å². The summed E-state index contributed by atoms with van der Waals surface area (Å²) in [6.45, 7) is 0. The second-order valence-electron chi connectivity index (χ2n) is 4.89. The van der Waals surface area contributed by atoms with Gasteiger partial charge in [0.1, 0.15) is 0 Å². The van der Waals surface area contributed by atoms with Crippen molar-refractivity contribution < 1.29 is 4.79 Å². The van der Waals surface area contributed by atoms with Crippen LogP contribution in [0.25, 0.3) is 0 Å². The number of carbonyl (C=O) groups is 1. The van der Waals surface area contributed by atoms with E-state index in [2.05, 4.69) is 18.2 Å². The molecule has 3 nitrogen and oxygen atoms in total. The summed E-state index contributed by atoms with van der Waals surface area (Å²) in [7, 11) is 0. The molecule has 1 unspecified atom stereocenters. The normalized spacial score (nSPS) is 18.1. The van der Waals surface area contributed by atoms with E-state index in [9.17, 15) is 4.79 Å². The minimum atomic E-state index is 0.0941. The second kappa shape index (κ2) is 5.18. The maximum Gasteiger partial charge on any atom is 0.227 e. The van der Waals surface area contributed by atoms with Gasteiger partial charge >= 0.3 is 0 Å². The van der Waals surface area contributed by atoms with E-state index in [4.69, 9.17) is 5.26 Å². The highest BCUT2D eigenvalue weighted by molar-refractivity contribution is 5.96. The van der Waals surface area contributed by atoms with Crippen molar-refractivity contribution in [1.82, 2.24) is 0 Å². The first-order valence-electron chi connectivity index (χ1n) is 6.67. The molecule has 2 aromatic carbocycles. The van der Waals surface area contributed by atoms with Crippen LogP contribution in [0.5, 0.6) is 0 Å². The van der Waals surface area contributed by atoms with E-state index in [-0.39, 0.29) is 11.9 Å². The van der Waals surface area contributed by atoms with Crippen LogP contribution < -0.4 is 4.90 Å². The Bertz CT molecular complexity index is 656. The van der Waals surface area contributed by atoms with Crippen LogP contribution in [0.4, 0.5) is 5.69 Å². The quantitative estimate of drug-likeness (QED) is 0.832. The molecule has 98 valence electrons. The number of rotatable bonds is 2. The van der Waals surface area contributed by atoms with Gasteiger partial charge in [0.2, 0.25) is 5.91 Å². The fraction of sp³-hybridized carbons (Fsp3) is 0.176. The Morgan fingerprint density at radius 3 is 2.40 bits per heavy atom. The number of nitriles is 1. The fourth-order valence-corrected chi connectivity index (χ4v) is 2.69. The molecule has 0 aliphatic carbocycles. The van der Waals surface area contributed by atoms with Crippen LogP contribution in [-0.2, 0) is 4.79 Å². The number of benzene rings is 2. The van der Waals surface area contributed by atoms with Gasteiger partial charge in [0.05, 0.1) is 17.7 Å². The molecule has 0 bridgehead atoms. The van der Waals surface area contributed by atoms with Crippen LogP contribution >= 0.6 is 0 Å². The summed E-state index contributed by atoms with van der Waals surface area (Å²) in [4.78, 5) is 14.0. The van der Waals surface area contributed by atoms with E-state index < -0.39 is 0 Å². The lowest BCUT2D eigenvalue weighted by atomic mass is 10.0. The molecule has 1 fully saturated rings. The maximum absolute atomic E-state index is 12.2. The zero-order valence-electron chi connectivity index (χ0n) is 11.0. The Morgan fingerprint density at radius 1 is 1.05 bits per heavy atom. The van der Waals surface area contributed by atoms with Crippen LogP contribution in [0, 0.1) is 11.3 Å². The Labute approximate surface area is 118 Å². The monoisotopic (exact) mass is 262 g/mol. The SMILES string of the molecule is N#Cc1ccc(N2C(=O)CCC2c2ccccc2)cc1. The smallest absolute Gasteiger partial charge is 0.227 e. The van der Waals surface area contributed by atoms with Crippen LogP contribution in [0.3, 0.4) is 0 Å². The van der Waals surface area contributed by atoms with Gasteiger partial charge in [-0.2, -0.15) is 5.26 Å². The topological polar surface area (TPSA) is 44.1 Å². The highest BCUT2D eigenvalue weighted by Crippen LogP contribution is 2.36. The van der Waals surface area contributed by atoms with Crippen molar-refractivity contribution in [1.29, 1.82) is 5.26 Å². The molecular weight excluding hydrogens is 248 g/mol. The van der Waals surface area contributed by atoms with Gasteiger partial charge in [0.25, 0.3) is 0 Å². The lowest BCUT2D eigenvalue weighted by Crippen LogP contribution is -2.27. The predicted octanol–water partition coefficient (Wildman–Crippen LogP) is 3.43. The van der Waals surface area contributed by atoms with E-state index in [1.807, 2.05) is 35.2 Å². The van der Waals surface area contributed by atoms with Gasteiger partial charge in [-0.1, -0.05) is 30.3 Å². The first-order chi connectivity index (χ1) is 9.79. The van der Waals surface area contributed by atoms with Crippen LogP contribution in [0.1, 0.15) is 30.0 Å². The number of hydrogen-bond acceptors (Lipinski definition) is 2. The van der Waals surface area contributed by atoms with Crippen molar-refractivity contribution in [3.8, 4) is 6.07 Å². The zero-order chi connectivity index (χ0) is 13.9. The third kappa shape index (κ3) is 2.17. The summed E-state index contributed by atoms with van der Waals surface area (Å²) in [5.41, 5.74) is 2.62. The van der Waals surface area contributed by atoms with Crippen LogP contribution in [0.15, 0.2) is 54.6 Å². The third-order valence-electron chi connectivity index (χ3n) is 3.67. The van der Waals surface area contributed by atoms with Gasteiger partial charge in [-0.05, 0) is 36.2 Å². The molecule has 0 aromatic heterocycles. The molecule has 0 N–H and O–H groups in total. The molecule has 1 saturated heterocycles. The molecule has 1 aliphatic rings. The Balaban J connectivity index is 1.96. The van der Waals surface area contributed by atoms with E-state index in [0.29, 0.717) is 12.0 Å². The van der Waals surface area contributed by atoms with E-state index in [1.54, 1.807) is 12.1 Å². The number of amides is 1. The molecule has 1 heterocycles. The lowest BCUT2D eigenvalue weighted by molar-refractivity contribution is -0.117.